The highest BCUT2D eigenvalue weighted by molar-refractivity contribution is 7.98. The minimum Gasteiger partial charge on any atom is -0.410 e. The molecule has 2 fully saturated rings. The highest BCUT2D eigenvalue weighted by Gasteiger charge is 2.44. The molecular weight excluding hydrogens is 438 g/mol. The number of nitrogens with one attached hydrogen (secondary N) is 1. The Hall–Kier alpha value is -2.71. The summed E-state index contributed by atoms with van der Waals surface area (Å²) in [5.41, 5.74) is 1.17. The van der Waals surface area contributed by atoms with Gasteiger partial charge in [-0.1, -0.05) is 41.9 Å². The van der Waals surface area contributed by atoms with Crippen molar-refractivity contribution in [2.24, 2.45) is 0 Å². The summed E-state index contributed by atoms with van der Waals surface area (Å²) < 4.78 is 5.36. The van der Waals surface area contributed by atoms with Gasteiger partial charge in [-0.25, -0.2) is 4.79 Å². The molecule has 2 saturated heterocycles. The van der Waals surface area contributed by atoms with Crippen LogP contribution in [0.5, 0.6) is 5.75 Å². The summed E-state index contributed by atoms with van der Waals surface area (Å²) in [4.78, 5) is 41.1. The van der Waals surface area contributed by atoms with E-state index in [4.69, 9.17) is 16.3 Å². The van der Waals surface area contributed by atoms with Gasteiger partial charge in [-0.3, -0.25) is 9.59 Å². The molecule has 1 N–H and O–H groups in total. The number of hydrogen-bond acceptors (Lipinski definition) is 5. The van der Waals surface area contributed by atoms with Crippen LogP contribution in [-0.4, -0.2) is 65.2 Å². The SMILES string of the molecule is O=C1N[C@@H](CSCc2ccccc2)C(=O)N2CCN(C(=O)Oc3ccc(Cl)cc3)C[C@H]12. The van der Waals surface area contributed by atoms with Gasteiger partial charge in [-0.2, -0.15) is 11.8 Å². The lowest BCUT2D eigenvalue weighted by Crippen LogP contribution is -2.70. The summed E-state index contributed by atoms with van der Waals surface area (Å²) in [6, 6.07) is 15.2. The summed E-state index contributed by atoms with van der Waals surface area (Å²) >= 11 is 7.45. The molecule has 0 radical (unpaired) electrons. The van der Waals surface area contributed by atoms with Crippen LogP contribution < -0.4 is 10.1 Å². The number of carbonyl (C=O) groups is 3. The maximum absolute atomic E-state index is 12.9. The molecule has 2 heterocycles. The monoisotopic (exact) mass is 459 g/mol. The van der Waals surface area contributed by atoms with E-state index < -0.39 is 18.2 Å². The number of benzene rings is 2. The highest BCUT2D eigenvalue weighted by Crippen LogP contribution is 2.22. The van der Waals surface area contributed by atoms with Crippen molar-refractivity contribution in [3.63, 3.8) is 0 Å². The lowest BCUT2D eigenvalue weighted by molar-refractivity contribution is -0.151. The van der Waals surface area contributed by atoms with E-state index in [1.165, 1.54) is 10.5 Å². The van der Waals surface area contributed by atoms with E-state index in [1.54, 1.807) is 40.9 Å². The van der Waals surface area contributed by atoms with Gasteiger partial charge in [0.25, 0.3) is 0 Å². The van der Waals surface area contributed by atoms with Gasteiger partial charge in [0.2, 0.25) is 11.8 Å². The molecule has 9 heteroatoms. The fourth-order valence-corrected chi connectivity index (χ4v) is 4.75. The molecule has 2 aliphatic heterocycles. The number of amides is 3. The molecule has 0 spiro atoms. The molecule has 0 aliphatic carbocycles. The lowest BCUT2D eigenvalue weighted by atomic mass is 10.1. The Morgan fingerprint density at radius 2 is 1.84 bits per heavy atom. The molecule has 2 aromatic carbocycles. The first-order valence-corrected chi connectivity index (χ1v) is 11.5. The van der Waals surface area contributed by atoms with Crippen LogP contribution in [0.1, 0.15) is 5.56 Å². The molecule has 0 unspecified atom stereocenters. The van der Waals surface area contributed by atoms with Crippen molar-refractivity contribution in [2.75, 3.05) is 25.4 Å². The fraction of sp³-hybridized carbons (Fsp3) is 0.318. The van der Waals surface area contributed by atoms with Crippen molar-refractivity contribution < 1.29 is 19.1 Å². The Kier molecular flexibility index (Phi) is 6.67. The molecule has 2 atom stereocenters. The van der Waals surface area contributed by atoms with Gasteiger partial charge in [0.1, 0.15) is 17.8 Å². The second-order valence-electron chi connectivity index (χ2n) is 7.38. The van der Waals surface area contributed by atoms with Gasteiger partial charge in [0.15, 0.2) is 0 Å². The number of rotatable bonds is 5. The van der Waals surface area contributed by atoms with Gasteiger partial charge in [-0.15, -0.1) is 0 Å². The Morgan fingerprint density at radius 3 is 2.58 bits per heavy atom. The molecule has 0 bridgehead atoms. The normalized spacial score (nSPS) is 20.8. The molecule has 2 aliphatic rings. The van der Waals surface area contributed by atoms with Crippen molar-refractivity contribution >= 4 is 41.3 Å². The maximum atomic E-state index is 12.9. The number of hydrogen-bond donors (Lipinski definition) is 1. The summed E-state index contributed by atoms with van der Waals surface area (Å²) in [6.07, 6.45) is -0.553. The van der Waals surface area contributed by atoms with Gasteiger partial charge in [-0.05, 0) is 29.8 Å². The van der Waals surface area contributed by atoms with Crippen LogP contribution in [0.2, 0.25) is 5.02 Å². The van der Waals surface area contributed by atoms with Gasteiger partial charge in [0.05, 0.1) is 6.54 Å². The summed E-state index contributed by atoms with van der Waals surface area (Å²) in [5.74, 6) is 1.31. The molecule has 162 valence electrons. The second kappa shape index (κ2) is 9.62. The first kappa shape index (κ1) is 21.5. The van der Waals surface area contributed by atoms with E-state index in [0.29, 0.717) is 29.6 Å². The Morgan fingerprint density at radius 1 is 1.10 bits per heavy atom. The zero-order valence-electron chi connectivity index (χ0n) is 16.7. The first-order chi connectivity index (χ1) is 15.0. The van der Waals surface area contributed by atoms with E-state index >= 15 is 0 Å². The number of piperazine rings is 2. The summed E-state index contributed by atoms with van der Waals surface area (Å²) in [6.45, 7) is 0.714. The Balaban J connectivity index is 1.31. The van der Waals surface area contributed by atoms with E-state index in [1.807, 2.05) is 30.3 Å². The molecule has 7 nitrogen and oxygen atoms in total. The van der Waals surface area contributed by atoms with Crippen molar-refractivity contribution in [3.8, 4) is 5.75 Å². The van der Waals surface area contributed by atoms with Gasteiger partial charge < -0.3 is 19.9 Å². The molecule has 3 amide bonds. The topological polar surface area (TPSA) is 79.0 Å². The van der Waals surface area contributed by atoms with Crippen LogP contribution in [0.4, 0.5) is 4.79 Å². The zero-order chi connectivity index (χ0) is 21.8. The van der Waals surface area contributed by atoms with Crippen molar-refractivity contribution in [1.82, 2.24) is 15.1 Å². The highest BCUT2D eigenvalue weighted by atomic mass is 35.5. The largest absolute Gasteiger partial charge is 0.415 e. The van der Waals surface area contributed by atoms with E-state index in [9.17, 15) is 14.4 Å². The number of halogens is 1. The first-order valence-electron chi connectivity index (χ1n) is 9.96. The molecule has 31 heavy (non-hydrogen) atoms. The van der Waals surface area contributed by atoms with Crippen LogP contribution in [-0.2, 0) is 15.3 Å². The zero-order valence-corrected chi connectivity index (χ0v) is 18.3. The van der Waals surface area contributed by atoms with Crippen molar-refractivity contribution in [2.45, 2.75) is 17.8 Å². The number of ether oxygens (including phenoxy) is 1. The summed E-state index contributed by atoms with van der Waals surface area (Å²) in [7, 11) is 0. The molecular formula is C22H22ClN3O4S. The number of carbonyl (C=O) groups excluding carboxylic acids is 3. The van der Waals surface area contributed by atoms with E-state index in [0.717, 1.165) is 5.75 Å². The van der Waals surface area contributed by atoms with E-state index in [2.05, 4.69) is 5.32 Å². The van der Waals surface area contributed by atoms with Crippen LogP contribution >= 0.6 is 23.4 Å². The minimum absolute atomic E-state index is 0.101. The third-order valence-corrected chi connectivity index (χ3v) is 6.61. The molecule has 2 aromatic rings. The maximum Gasteiger partial charge on any atom is 0.415 e. The predicted molar refractivity (Wildman–Crippen MR) is 119 cm³/mol. The fourth-order valence-electron chi connectivity index (χ4n) is 3.62. The number of thioether (sulfide) groups is 1. The van der Waals surface area contributed by atoms with Gasteiger partial charge in [0, 0.05) is 29.6 Å². The Bertz CT molecular complexity index is 957. The van der Waals surface area contributed by atoms with Crippen LogP contribution in [0.25, 0.3) is 0 Å². The third-order valence-electron chi connectivity index (χ3n) is 5.25. The van der Waals surface area contributed by atoms with Crippen LogP contribution in [0.15, 0.2) is 54.6 Å². The van der Waals surface area contributed by atoms with Crippen molar-refractivity contribution in [1.29, 1.82) is 0 Å². The number of fused-ring (bicyclic) bond motifs is 1. The Labute approximate surface area is 189 Å². The third kappa shape index (κ3) is 5.14. The average molecular weight is 460 g/mol. The van der Waals surface area contributed by atoms with Crippen molar-refractivity contribution in [3.05, 3.63) is 65.2 Å². The summed E-state index contributed by atoms with van der Waals surface area (Å²) in [5, 5.41) is 3.37. The molecule has 4 rings (SSSR count). The van der Waals surface area contributed by atoms with Crippen LogP contribution in [0.3, 0.4) is 0 Å². The molecule has 0 aromatic heterocycles. The lowest BCUT2D eigenvalue weighted by Gasteiger charge is -2.44. The second-order valence-corrected chi connectivity index (χ2v) is 8.84. The standard InChI is InChI=1S/C22H22ClN3O4S/c23-16-6-8-17(9-7-16)30-22(29)25-10-11-26-19(12-25)20(27)24-18(21(26)28)14-31-13-15-4-2-1-3-5-15/h1-9,18-19H,10-14H2,(H,24,27)/t18-,19+/m0/s1. The minimum atomic E-state index is -0.700. The smallest absolute Gasteiger partial charge is 0.410 e. The number of nitrogens with zero attached hydrogens (tertiary/aromatic N) is 2. The van der Waals surface area contributed by atoms with Gasteiger partial charge >= 0.3 is 6.09 Å². The van der Waals surface area contributed by atoms with Crippen LogP contribution in [0, 0.1) is 0 Å². The van der Waals surface area contributed by atoms with E-state index in [-0.39, 0.29) is 18.4 Å². The quantitative estimate of drug-likeness (QED) is 0.743. The average Bonchev–Trinajstić information content (AvgIpc) is 2.79. The molecule has 0 saturated carbocycles. The predicted octanol–water partition coefficient (Wildman–Crippen LogP) is 2.78.